The molecule has 19 heavy (non-hydrogen) atoms. The molecule has 0 heterocycles. The molecule has 136 valence electrons. The SMILES string of the molecule is N.O.O.O.O.O.O.O.O.O.O.O.O.O=S(=O)([O-])O.[Li+]. The van der Waals surface area contributed by atoms with Crippen molar-refractivity contribution in [2.24, 2.45) is 0 Å². The summed E-state index contributed by atoms with van der Waals surface area (Å²) < 4.78 is 32.8. The molecule has 17 nitrogen and oxygen atoms in total. The minimum atomic E-state index is -4.92. The predicted molar refractivity (Wildman–Crippen MR) is 60.7 cm³/mol. The largest absolute Gasteiger partial charge is 1.00 e. The fraction of sp³-hybridized carbons (Fsp3) is 0. The molecule has 0 saturated carbocycles. The monoisotopic (exact) mass is 337 g/mol. The zero-order chi connectivity index (χ0) is 4.50. The van der Waals surface area contributed by atoms with E-state index in [4.69, 9.17) is 17.5 Å². The van der Waals surface area contributed by atoms with Gasteiger partial charge >= 0.3 is 18.9 Å². The van der Waals surface area contributed by atoms with Crippen LogP contribution in [-0.4, -0.2) is 83.2 Å². The van der Waals surface area contributed by atoms with Crippen LogP contribution in [0.15, 0.2) is 0 Å². The van der Waals surface area contributed by atoms with Crippen LogP contribution in [0.1, 0.15) is 0 Å². The summed E-state index contributed by atoms with van der Waals surface area (Å²) in [6, 6.07) is 0. The maximum absolute atomic E-state index is 8.63. The summed E-state index contributed by atoms with van der Waals surface area (Å²) >= 11 is 0. The standard InChI is InChI=1S/Li.H3N.H2O4S.12H2O/c;;1-5(2,3)4;;;;;;;;;;;;/h;1H3;(H2,1,2,3,4);12*1H2/q+1;;;;;;;;;;;;;;/p-1. The molecule has 28 N–H and O–H groups in total. The van der Waals surface area contributed by atoms with Crippen LogP contribution in [0.2, 0.25) is 0 Å². The molecule has 0 aromatic rings. The molecule has 0 spiro atoms. The first-order valence-electron chi connectivity index (χ1n) is 0.683. The first-order valence-corrected chi connectivity index (χ1v) is 2.05. The Labute approximate surface area is 119 Å². The van der Waals surface area contributed by atoms with Crippen molar-refractivity contribution in [3.05, 3.63) is 0 Å². The number of rotatable bonds is 0. The number of hydrogen-bond acceptors (Lipinski definition) is 4. The topological polar surface area (TPSA) is 490 Å². The van der Waals surface area contributed by atoms with Gasteiger partial charge in [-0.25, -0.2) is 8.42 Å². The first-order chi connectivity index (χ1) is 2.00. The molecule has 0 unspecified atom stereocenters. The maximum atomic E-state index is 8.63. The van der Waals surface area contributed by atoms with Gasteiger partial charge in [0.1, 0.15) is 0 Å². The molecule has 0 atom stereocenters. The van der Waals surface area contributed by atoms with Crippen LogP contribution in [0.25, 0.3) is 0 Å². The van der Waals surface area contributed by atoms with Crippen LogP contribution < -0.4 is 25.0 Å². The van der Waals surface area contributed by atoms with Gasteiger partial charge in [0.15, 0.2) is 0 Å². The Morgan fingerprint density at radius 2 is 0.579 bits per heavy atom. The summed E-state index contributed by atoms with van der Waals surface area (Å²) in [5, 5.41) is 0. The van der Waals surface area contributed by atoms with Crippen LogP contribution in [0.4, 0.5) is 0 Å². The van der Waals surface area contributed by atoms with Gasteiger partial charge in [-0.2, -0.15) is 0 Å². The number of hydrogen-bond donors (Lipinski definition) is 2. The molecule has 0 amide bonds. The maximum Gasteiger partial charge on any atom is 1.00 e. The van der Waals surface area contributed by atoms with E-state index in [0.717, 1.165) is 0 Å². The predicted octanol–water partition coefficient (Wildman–Crippen LogP) is -13.7. The van der Waals surface area contributed by atoms with Gasteiger partial charge in [0, 0.05) is 0 Å². The van der Waals surface area contributed by atoms with Crippen molar-refractivity contribution in [1.29, 1.82) is 0 Å². The van der Waals surface area contributed by atoms with E-state index >= 15 is 0 Å². The van der Waals surface area contributed by atoms with Gasteiger partial charge in [0.05, 0.1) is 0 Å². The second-order valence-electron chi connectivity index (χ2n) is 0.428. The van der Waals surface area contributed by atoms with E-state index in [1.807, 2.05) is 0 Å². The molecule has 0 radical (unpaired) electrons. The second-order valence-corrected chi connectivity index (χ2v) is 1.28. The Morgan fingerprint density at radius 3 is 0.579 bits per heavy atom. The van der Waals surface area contributed by atoms with Crippen molar-refractivity contribution >= 4 is 10.4 Å². The fourth-order valence-electron chi connectivity index (χ4n) is 0. The van der Waals surface area contributed by atoms with Crippen LogP contribution >= 0.6 is 0 Å². The van der Waals surface area contributed by atoms with E-state index in [2.05, 4.69) is 0 Å². The second kappa shape index (κ2) is 146. The molecular formula is H28LiNO16S. The smallest absolute Gasteiger partial charge is 0.726 e. The Bertz CT molecular complexity index is 99.9. The quantitative estimate of drug-likeness (QED) is 0.246. The normalized spacial score (nSPS) is 3.05. The molecule has 0 aliphatic heterocycles. The third-order valence-corrected chi connectivity index (χ3v) is 0. The molecule has 0 aliphatic carbocycles. The molecule has 0 rings (SSSR count). The molecule has 0 bridgehead atoms. The Hall–Kier alpha value is -0.0526. The van der Waals surface area contributed by atoms with E-state index in [9.17, 15) is 0 Å². The Kier molecular flexibility index (Phi) is 3000. The van der Waals surface area contributed by atoms with E-state index in [0.29, 0.717) is 0 Å². The van der Waals surface area contributed by atoms with Crippen molar-refractivity contribution in [2.75, 3.05) is 0 Å². The molecule has 0 fully saturated rings. The average molecular weight is 337 g/mol. The van der Waals surface area contributed by atoms with E-state index in [-0.39, 0.29) is 90.7 Å². The van der Waals surface area contributed by atoms with E-state index in [1.165, 1.54) is 0 Å². The van der Waals surface area contributed by atoms with E-state index in [1.54, 1.807) is 0 Å². The zero-order valence-corrected chi connectivity index (χ0v) is 10.6. The van der Waals surface area contributed by atoms with Gasteiger partial charge in [0.2, 0.25) is 10.4 Å². The molecule has 0 aromatic heterocycles. The minimum Gasteiger partial charge on any atom is -0.726 e. The molecule has 19 heteroatoms. The summed E-state index contributed by atoms with van der Waals surface area (Å²) in [5.74, 6) is 0. The van der Waals surface area contributed by atoms with Gasteiger partial charge in [-0.05, 0) is 0 Å². The zero-order valence-electron chi connectivity index (χ0n) is 9.79. The van der Waals surface area contributed by atoms with Gasteiger partial charge in [-0.3, -0.25) is 4.55 Å². The summed E-state index contributed by atoms with van der Waals surface area (Å²) in [5.41, 5.74) is 0. The van der Waals surface area contributed by atoms with E-state index < -0.39 is 10.4 Å². The Morgan fingerprint density at radius 1 is 0.579 bits per heavy atom. The van der Waals surface area contributed by atoms with Crippen molar-refractivity contribution < 1.29 is 102 Å². The molecular weight excluding hydrogens is 309 g/mol. The first kappa shape index (κ1) is 392. The van der Waals surface area contributed by atoms with Gasteiger partial charge in [0.25, 0.3) is 0 Å². The van der Waals surface area contributed by atoms with Crippen LogP contribution in [0.3, 0.4) is 0 Å². The van der Waals surface area contributed by atoms with Gasteiger partial charge in [-0.15, -0.1) is 0 Å². The van der Waals surface area contributed by atoms with Gasteiger partial charge < -0.3 is 76.4 Å². The van der Waals surface area contributed by atoms with Crippen LogP contribution in [-0.2, 0) is 10.4 Å². The molecule has 0 aromatic carbocycles. The van der Waals surface area contributed by atoms with Crippen molar-refractivity contribution in [3.63, 3.8) is 0 Å². The summed E-state index contributed by atoms with van der Waals surface area (Å²) in [6.45, 7) is 0. The summed E-state index contributed by atoms with van der Waals surface area (Å²) in [6.07, 6.45) is 0. The van der Waals surface area contributed by atoms with Crippen molar-refractivity contribution in [3.8, 4) is 0 Å². The third kappa shape index (κ3) is 1650000. The third-order valence-electron chi connectivity index (χ3n) is 0. The minimum absolute atomic E-state index is 0. The Balaban J connectivity index is -0.000000000879. The summed E-state index contributed by atoms with van der Waals surface area (Å²) in [7, 11) is -4.92. The average Bonchev–Trinajstić information content (AvgIpc) is 0.722. The molecule has 0 saturated heterocycles. The van der Waals surface area contributed by atoms with Crippen molar-refractivity contribution in [1.82, 2.24) is 6.15 Å². The van der Waals surface area contributed by atoms with Crippen LogP contribution in [0, 0.1) is 0 Å². The van der Waals surface area contributed by atoms with Crippen LogP contribution in [0.5, 0.6) is 0 Å². The molecule has 0 aliphatic rings. The fourth-order valence-corrected chi connectivity index (χ4v) is 0. The summed E-state index contributed by atoms with van der Waals surface area (Å²) in [4.78, 5) is 0. The van der Waals surface area contributed by atoms with Gasteiger partial charge in [-0.1, -0.05) is 0 Å². The van der Waals surface area contributed by atoms with Crippen molar-refractivity contribution in [2.45, 2.75) is 0 Å².